The van der Waals surface area contributed by atoms with Crippen molar-refractivity contribution < 1.29 is 14.6 Å². The van der Waals surface area contributed by atoms with E-state index in [-0.39, 0.29) is 13.0 Å². The lowest BCUT2D eigenvalue weighted by Gasteiger charge is -2.10. The van der Waals surface area contributed by atoms with E-state index in [2.05, 4.69) is 4.74 Å². The number of aliphatic hydroxyl groups is 1. The first-order valence-corrected chi connectivity index (χ1v) is 5.38. The quantitative estimate of drug-likeness (QED) is 0.796. The number of hydrogen-bond donors (Lipinski definition) is 1. The van der Waals surface area contributed by atoms with E-state index in [9.17, 15) is 9.90 Å². The number of aryl methyl sites for hydroxylation is 1. The Morgan fingerprint density at radius 1 is 1.47 bits per heavy atom. The number of methoxy groups -OCH3 is 1. The maximum absolute atomic E-state index is 11.3. The summed E-state index contributed by atoms with van der Waals surface area (Å²) in [6.07, 6.45) is 0.840. The Bertz CT molecular complexity index is 460. The third-order valence-electron chi connectivity index (χ3n) is 2.61. The third kappa shape index (κ3) is 3.05. The molecule has 0 radical (unpaired) electrons. The second-order valence-electron chi connectivity index (χ2n) is 3.67. The second-order valence-corrected chi connectivity index (χ2v) is 3.67. The fourth-order valence-electron chi connectivity index (χ4n) is 1.68. The molecule has 17 heavy (non-hydrogen) atoms. The molecule has 4 heteroatoms. The number of nitrogens with zero attached hydrogens (tertiary/aromatic N) is 1. The summed E-state index contributed by atoms with van der Waals surface area (Å²) >= 11 is 0. The van der Waals surface area contributed by atoms with Crippen LogP contribution in [0.15, 0.2) is 12.1 Å². The van der Waals surface area contributed by atoms with Gasteiger partial charge in [-0.3, -0.25) is 4.79 Å². The van der Waals surface area contributed by atoms with E-state index in [0.29, 0.717) is 16.7 Å². The largest absolute Gasteiger partial charge is 0.469 e. The first kappa shape index (κ1) is 13.2. The molecule has 1 aromatic carbocycles. The highest BCUT2D eigenvalue weighted by Gasteiger charge is 2.13. The summed E-state index contributed by atoms with van der Waals surface area (Å²) in [4.78, 5) is 11.3. The van der Waals surface area contributed by atoms with Gasteiger partial charge in [-0.2, -0.15) is 5.26 Å². The smallest absolute Gasteiger partial charge is 0.310 e. The van der Waals surface area contributed by atoms with Gasteiger partial charge in [0.2, 0.25) is 0 Å². The van der Waals surface area contributed by atoms with Gasteiger partial charge in [-0.1, -0.05) is 19.1 Å². The van der Waals surface area contributed by atoms with Gasteiger partial charge in [-0.15, -0.1) is 0 Å². The summed E-state index contributed by atoms with van der Waals surface area (Å²) < 4.78 is 4.59. The Morgan fingerprint density at radius 2 is 2.12 bits per heavy atom. The lowest BCUT2D eigenvalue weighted by atomic mass is 9.96. The van der Waals surface area contributed by atoms with Crippen LogP contribution in [0.5, 0.6) is 0 Å². The molecule has 0 aromatic heterocycles. The second kappa shape index (κ2) is 6.02. The standard InChI is InChI=1S/C13H15NO3/c1-3-9-4-10(6-13(16)17-2)12(7-14)11(5-9)8-15/h4-5,15H,3,6,8H2,1-2H3. The maximum Gasteiger partial charge on any atom is 0.310 e. The lowest BCUT2D eigenvalue weighted by molar-refractivity contribution is -0.139. The molecule has 0 aliphatic heterocycles. The molecule has 1 rings (SSSR count). The molecular weight excluding hydrogens is 218 g/mol. The summed E-state index contributed by atoms with van der Waals surface area (Å²) in [5.74, 6) is -0.390. The van der Waals surface area contributed by atoms with Crippen molar-refractivity contribution in [2.45, 2.75) is 26.4 Å². The van der Waals surface area contributed by atoms with Crippen molar-refractivity contribution in [2.24, 2.45) is 0 Å². The zero-order valence-electron chi connectivity index (χ0n) is 9.99. The number of nitriles is 1. The summed E-state index contributed by atoms with van der Waals surface area (Å²) in [6, 6.07) is 5.63. The first-order chi connectivity index (χ1) is 8.15. The van der Waals surface area contributed by atoms with Crippen molar-refractivity contribution in [1.82, 2.24) is 0 Å². The number of rotatable bonds is 4. The van der Waals surface area contributed by atoms with Crippen LogP contribution in [0.25, 0.3) is 0 Å². The summed E-state index contributed by atoms with van der Waals surface area (Å²) in [5.41, 5.74) is 2.54. The van der Waals surface area contributed by atoms with Gasteiger partial charge in [0.1, 0.15) is 0 Å². The van der Waals surface area contributed by atoms with Crippen LogP contribution in [0, 0.1) is 11.3 Å². The number of carbonyl (C=O) groups is 1. The van der Waals surface area contributed by atoms with Crippen LogP contribution in [0.3, 0.4) is 0 Å². The molecule has 0 aliphatic carbocycles. The molecule has 0 aliphatic rings. The van der Waals surface area contributed by atoms with Crippen molar-refractivity contribution in [1.29, 1.82) is 5.26 Å². The fraction of sp³-hybridized carbons (Fsp3) is 0.385. The minimum atomic E-state index is -0.390. The maximum atomic E-state index is 11.3. The number of ether oxygens (including phenoxy) is 1. The Labute approximate surface area is 100 Å². The van der Waals surface area contributed by atoms with Gasteiger partial charge in [0.05, 0.1) is 31.8 Å². The van der Waals surface area contributed by atoms with E-state index in [4.69, 9.17) is 5.26 Å². The van der Waals surface area contributed by atoms with Crippen LogP contribution in [0.4, 0.5) is 0 Å². The van der Waals surface area contributed by atoms with Gasteiger partial charge in [0, 0.05) is 0 Å². The predicted molar refractivity (Wildman–Crippen MR) is 62.2 cm³/mol. The summed E-state index contributed by atoms with van der Waals surface area (Å²) in [6.45, 7) is 1.77. The van der Waals surface area contributed by atoms with Crippen molar-refractivity contribution >= 4 is 5.97 Å². The Kier molecular flexibility index (Phi) is 4.68. The molecular formula is C13H15NO3. The van der Waals surface area contributed by atoms with E-state index in [1.54, 1.807) is 6.07 Å². The molecule has 4 nitrogen and oxygen atoms in total. The van der Waals surface area contributed by atoms with Gasteiger partial charge in [0.25, 0.3) is 0 Å². The van der Waals surface area contributed by atoms with E-state index in [1.807, 2.05) is 19.1 Å². The molecule has 0 unspecified atom stereocenters. The molecule has 0 heterocycles. The molecule has 0 saturated carbocycles. The molecule has 0 fully saturated rings. The summed E-state index contributed by atoms with van der Waals surface area (Å²) in [7, 11) is 1.31. The number of esters is 1. The van der Waals surface area contributed by atoms with Crippen LogP contribution in [-0.4, -0.2) is 18.2 Å². The van der Waals surface area contributed by atoms with Gasteiger partial charge >= 0.3 is 5.97 Å². The lowest BCUT2D eigenvalue weighted by Crippen LogP contribution is -2.08. The van der Waals surface area contributed by atoms with E-state index in [0.717, 1.165) is 12.0 Å². The molecule has 1 N–H and O–H groups in total. The molecule has 0 saturated heterocycles. The van der Waals surface area contributed by atoms with Gasteiger partial charge in [-0.25, -0.2) is 0 Å². The Morgan fingerprint density at radius 3 is 2.59 bits per heavy atom. The Balaban J connectivity index is 3.25. The average molecular weight is 233 g/mol. The van der Waals surface area contributed by atoms with Gasteiger partial charge < -0.3 is 9.84 Å². The third-order valence-corrected chi connectivity index (χ3v) is 2.61. The van der Waals surface area contributed by atoms with Crippen LogP contribution < -0.4 is 0 Å². The van der Waals surface area contributed by atoms with Gasteiger partial charge in [0.15, 0.2) is 0 Å². The highest BCUT2D eigenvalue weighted by molar-refractivity contribution is 5.73. The van der Waals surface area contributed by atoms with Crippen LogP contribution in [-0.2, 0) is 29.0 Å². The molecule has 1 aromatic rings. The van der Waals surface area contributed by atoms with Crippen molar-refractivity contribution in [2.75, 3.05) is 7.11 Å². The summed E-state index contributed by atoms with van der Waals surface area (Å²) in [5, 5.41) is 18.3. The van der Waals surface area contributed by atoms with Crippen molar-refractivity contribution in [3.8, 4) is 6.07 Å². The number of aliphatic hydroxyl groups excluding tert-OH is 1. The first-order valence-electron chi connectivity index (χ1n) is 5.38. The average Bonchev–Trinajstić information content (AvgIpc) is 2.37. The highest BCUT2D eigenvalue weighted by Crippen LogP contribution is 2.19. The fourth-order valence-corrected chi connectivity index (χ4v) is 1.68. The molecule has 0 spiro atoms. The van der Waals surface area contributed by atoms with Crippen molar-refractivity contribution in [3.05, 3.63) is 34.4 Å². The molecule has 0 bridgehead atoms. The minimum absolute atomic E-state index is 0.0558. The zero-order chi connectivity index (χ0) is 12.8. The zero-order valence-corrected chi connectivity index (χ0v) is 9.99. The monoisotopic (exact) mass is 233 g/mol. The molecule has 0 amide bonds. The van der Waals surface area contributed by atoms with Crippen molar-refractivity contribution in [3.63, 3.8) is 0 Å². The number of carbonyl (C=O) groups excluding carboxylic acids is 1. The highest BCUT2D eigenvalue weighted by atomic mass is 16.5. The minimum Gasteiger partial charge on any atom is -0.469 e. The predicted octanol–water partition coefficient (Wildman–Crippen LogP) is 1.33. The van der Waals surface area contributed by atoms with Crippen LogP contribution in [0.1, 0.15) is 29.2 Å². The molecule has 0 atom stereocenters. The topological polar surface area (TPSA) is 70.3 Å². The number of hydrogen-bond acceptors (Lipinski definition) is 4. The van der Waals surface area contributed by atoms with Crippen LogP contribution >= 0.6 is 0 Å². The Hall–Kier alpha value is -1.86. The van der Waals surface area contributed by atoms with Gasteiger partial charge in [-0.05, 0) is 23.1 Å². The number of benzene rings is 1. The SMILES string of the molecule is CCc1cc(CO)c(C#N)c(CC(=O)OC)c1. The van der Waals surface area contributed by atoms with E-state index < -0.39 is 5.97 Å². The molecule has 90 valence electrons. The van der Waals surface area contributed by atoms with E-state index >= 15 is 0 Å². The normalized spacial score (nSPS) is 9.76. The van der Waals surface area contributed by atoms with E-state index in [1.165, 1.54) is 7.11 Å². The van der Waals surface area contributed by atoms with Crippen LogP contribution in [0.2, 0.25) is 0 Å².